The summed E-state index contributed by atoms with van der Waals surface area (Å²) in [5.74, 6) is 0.274. The molecule has 2 aromatic heterocycles. The Morgan fingerprint density at radius 2 is 2.40 bits per heavy atom. The molecule has 1 amide bonds. The number of carbonyl (C=O) groups is 1. The largest absolute Gasteiger partial charge is 0.368 e. The molecular weight excluding hydrogens is 282 g/mol. The third kappa shape index (κ3) is 2.50. The Morgan fingerprint density at radius 1 is 1.50 bits per heavy atom. The van der Waals surface area contributed by atoms with Crippen LogP contribution < -0.4 is 5.32 Å². The standard InChI is InChI=1S/C12H12ClN5O2/c13-7-2-1-4-14-9(7)12(19)17-8-3-5-20-10(8)11-15-6-16-18-11/h1-2,4,6,8,10H,3,5H2,(H,17,19)(H,15,16,18)/t8-,10+/m0/s1. The first kappa shape index (κ1) is 13.0. The summed E-state index contributed by atoms with van der Waals surface area (Å²) in [6.07, 6.45) is 3.30. The van der Waals surface area contributed by atoms with Crippen molar-refractivity contribution in [1.29, 1.82) is 0 Å². The van der Waals surface area contributed by atoms with E-state index in [2.05, 4.69) is 25.5 Å². The maximum Gasteiger partial charge on any atom is 0.271 e. The number of aromatic nitrogens is 4. The van der Waals surface area contributed by atoms with Gasteiger partial charge in [-0.1, -0.05) is 11.6 Å². The van der Waals surface area contributed by atoms with E-state index in [1.165, 1.54) is 12.5 Å². The van der Waals surface area contributed by atoms with Gasteiger partial charge in [-0.05, 0) is 18.6 Å². The highest BCUT2D eigenvalue weighted by molar-refractivity contribution is 6.33. The van der Waals surface area contributed by atoms with E-state index in [-0.39, 0.29) is 23.7 Å². The number of aromatic amines is 1. The molecule has 2 aromatic rings. The lowest BCUT2D eigenvalue weighted by atomic mass is 10.1. The number of carbonyl (C=O) groups excluding carboxylic acids is 1. The molecule has 20 heavy (non-hydrogen) atoms. The first-order valence-corrected chi connectivity index (χ1v) is 6.52. The molecule has 104 valence electrons. The van der Waals surface area contributed by atoms with Crippen molar-refractivity contribution >= 4 is 17.5 Å². The SMILES string of the molecule is O=C(N[C@H]1CCO[C@H]1c1ncn[nH]1)c1ncccc1Cl. The number of H-pyrrole nitrogens is 1. The Labute approximate surface area is 119 Å². The smallest absolute Gasteiger partial charge is 0.271 e. The van der Waals surface area contributed by atoms with Gasteiger partial charge < -0.3 is 10.1 Å². The molecule has 1 aliphatic rings. The van der Waals surface area contributed by atoms with Gasteiger partial charge in [-0.15, -0.1) is 0 Å². The van der Waals surface area contributed by atoms with Crippen LogP contribution in [0.2, 0.25) is 5.02 Å². The van der Waals surface area contributed by atoms with Gasteiger partial charge in [-0.25, -0.2) is 9.97 Å². The predicted molar refractivity (Wildman–Crippen MR) is 70.2 cm³/mol. The number of hydrogen-bond acceptors (Lipinski definition) is 5. The van der Waals surface area contributed by atoms with Gasteiger partial charge in [0.1, 0.15) is 18.1 Å². The average Bonchev–Trinajstić information content (AvgIpc) is 3.09. The van der Waals surface area contributed by atoms with Crippen LogP contribution in [0.5, 0.6) is 0 Å². The summed E-state index contributed by atoms with van der Waals surface area (Å²) in [4.78, 5) is 20.2. The summed E-state index contributed by atoms with van der Waals surface area (Å²) in [6.45, 7) is 0.548. The fraction of sp³-hybridized carbons (Fsp3) is 0.333. The molecule has 3 heterocycles. The molecule has 1 aliphatic heterocycles. The maximum atomic E-state index is 12.2. The third-order valence-electron chi connectivity index (χ3n) is 3.08. The minimum Gasteiger partial charge on any atom is -0.368 e. The van der Waals surface area contributed by atoms with Gasteiger partial charge in [0.15, 0.2) is 5.82 Å². The van der Waals surface area contributed by atoms with E-state index in [1.54, 1.807) is 12.1 Å². The van der Waals surface area contributed by atoms with Crippen LogP contribution in [-0.2, 0) is 4.74 Å². The Bertz CT molecular complexity index is 604. The number of pyridine rings is 1. The van der Waals surface area contributed by atoms with Gasteiger partial charge in [-0.2, -0.15) is 5.10 Å². The number of amides is 1. The van der Waals surface area contributed by atoms with E-state index in [1.807, 2.05) is 0 Å². The van der Waals surface area contributed by atoms with Crippen LogP contribution in [0.25, 0.3) is 0 Å². The highest BCUT2D eigenvalue weighted by Gasteiger charge is 2.33. The monoisotopic (exact) mass is 293 g/mol. The van der Waals surface area contributed by atoms with Crippen molar-refractivity contribution in [3.63, 3.8) is 0 Å². The summed E-state index contributed by atoms with van der Waals surface area (Å²) in [7, 11) is 0. The lowest BCUT2D eigenvalue weighted by Crippen LogP contribution is -2.37. The van der Waals surface area contributed by atoms with Crippen molar-refractivity contribution in [1.82, 2.24) is 25.5 Å². The van der Waals surface area contributed by atoms with Crippen molar-refractivity contribution in [2.75, 3.05) is 6.61 Å². The molecule has 0 unspecified atom stereocenters. The van der Waals surface area contributed by atoms with Gasteiger partial charge in [0.05, 0.1) is 11.1 Å². The van der Waals surface area contributed by atoms with Crippen LogP contribution in [0.15, 0.2) is 24.7 Å². The summed E-state index contributed by atoms with van der Waals surface area (Å²) in [6, 6.07) is 3.12. The molecule has 1 fully saturated rings. The lowest BCUT2D eigenvalue weighted by molar-refractivity contribution is 0.0789. The fourth-order valence-corrected chi connectivity index (χ4v) is 2.36. The Hall–Kier alpha value is -1.99. The van der Waals surface area contributed by atoms with Gasteiger partial charge in [0, 0.05) is 12.8 Å². The lowest BCUT2D eigenvalue weighted by Gasteiger charge is -2.17. The molecule has 1 saturated heterocycles. The van der Waals surface area contributed by atoms with Crippen LogP contribution in [0.4, 0.5) is 0 Å². The molecule has 3 rings (SSSR count). The minimum absolute atomic E-state index is 0.187. The van der Waals surface area contributed by atoms with Crippen molar-refractivity contribution in [2.45, 2.75) is 18.6 Å². The zero-order chi connectivity index (χ0) is 13.9. The molecule has 0 aromatic carbocycles. The molecular formula is C12H12ClN5O2. The number of rotatable bonds is 3. The average molecular weight is 294 g/mol. The number of nitrogens with one attached hydrogen (secondary N) is 2. The van der Waals surface area contributed by atoms with Gasteiger partial charge in [-0.3, -0.25) is 9.89 Å². The van der Waals surface area contributed by atoms with Crippen molar-refractivity contribution in [3.8, 4) is 0 Å². The summed E-state index contributed by atoms with van der Waals surface area (Å²) in [5.41, 5.74) is 0.206. The number of ether oxygens (including phenoxy) is 1. The molecule has 8 heteroatoms. The zero-order valence-corrected chi connectivity index (χ0v) is 11.2. The van der Waals surface area contributed by atoms with E-state index in [0.717, 1.165) is 0 Å². The van der Waals surface area contributed by atoms with Gasteiger partial charge in [0.2, 0.25) is 0 Å². The zero-order valence-electron chi connectivity index (χ0n) is 10.4. The summed E-state index contributed by atoms with van der Waals surface area (Å²) < 4.78 is 5.58. The van der Waals surface area contributed by atoms with Gasteiger partial charge in [0.25, 0.3) is 5.91 Å². The van der Waals surface area contributed by atoms with E-state index < -0.39 is 0 Å². The summed E-state index contributed by atoms with van der Waals surface area (Å²) >= 11 is 5.96. The molecule has 2 N–H and O–H groups in total. The molecule has 0 bridgehead atoms. The van der Waals surface area contributed by atoms with Crippen LogP contribution >= 0.6 is 11.6 Å². The quantitative estimate of drug-likeness (QED) is 0.884. The van der Waals surface area contributed by atoms with Crippen LogP contribution in [0, 0.1) is 0 Å². The minimum atomic E-state index is -0.330. The number of hydrogen-bond donors (Lipinski definition) is 2. The Balaban J connectivity index is 1.74. The highest BCUT2D eigenvalue weighted by Crippen LogP contribution is 2.26. The molecule has 0 saturated carbocycles. The molecule has 0 spiro atoms. The van der Waals surface area contributed by atoms with Crippen molar-refractivity contribution in [3.05, 3.63) is 41.2 Å². The highest BCUT2D eigenvalue weighted by atomic mass is 35.5. The normalized spacial score (nSPS) is 21.9. The maximum absolute atomic E-state index is 12.2. The first-order valence-electron chi connectivity index (χ1n) is 6.14. The summed E-state index contributed by atoms with van der Waals surface area (Å²) in [5, 5.41) is 9.74. The number of halogens is 1. The van der Waals surface area contributed by atoms with Gasteiger partial charge >= 0.3 is 0 Å². The van der Waals surface area contributed by atoms with E-state index in [9.17, 15) is 4.79 Å². The Kier molecular flexibility index (Phi) is 3.62. The second-order valence-corrected chi connectivity index (χ2v) is 4.77. The fourth-order valence-electron chi connectivity index (χ4n) is 2.15. The van der Waals surface area contributed by atoms with Crippen LogP contribution in [-0.4, -0.2) is 38.7 Å². The first-order chi connectivity index (χ1) is 9.75. The second-order valence-electron chi connectivity index (χ2n) is 4.36. The van der Waals surface area contributed by atoms with Crippen molar-refractivity contribution < 1.29 is 9.53 Å². The van der Waals surface area contributed by atoms with Crippen LogP contribution in [0.3, 0.4) is 0 Å². The van der Waals surface area contributed by atoms with E-state index >= 15 is 0 Å². The van der Waals surface area contributed by atoms with E-state index in [4.69, 9.17) is 16.3 Å². The molecule has 2 atom stereocenters. The predicted octanol–water partition coefficient (Wildman–Crippen LogP) is 1.11. The second kappa shape index (κ2) is 5.56. The van der Waals surface area contributed by atoms with Crippen molar-refractivity contribution in [2.24, 2.45) is 0 Å². The van der Waals surface area contributed by atoms with Crippen LogP contribution in [0.1, 0.15) is 28.8 Å². The molecule has 0 aliphatic carbocycles. The Morgan fingerprint density at radius 3 is 3.15 bits per heavy atom. The topological polar surface area (TPSA) is 92.8 Å². The molecule has 0 radical (unpaired) electrons. The third-order valence-corrected chi connectivity index (χ3v) is 3.39. The molecule has 7 nitrogen and oxygen atoms in total. The van der Waals surface area contributed by atoms with E-state index in [0.29, 0.717) is 23.9 Å². The number of nitrogens with zero attached hydrogens (tertiary/aromatic N) is 3.